The molecule has 2 nitrogen and oxygen atoms in total. The van der Waals surface area contributed by atoms with E-state index in [0.717, 1.165) is 25.7 Å². The minimum atomic E-state index is -2.97. The zero-order chi connectivity index (χ0) is 13.0. The van der Waals surface area contributed by atoms with E-state index in [2.05, 4.69) is 13.8 Å². The molecule has 1 unspecified atom stereocenters. The van der Waals surface area contributed by atoms with Gasteiger partial charge in [-0.25, -0.2) is 0 Å². The lowest BCUT2D eigenvalue weighted by atomic mass is 10.2. The number of allylic oxidation sites excluding steroid dienone is 1. The predicted octanol–water partition coefficient (Wildman–Crippen LogP) is 5.32. The van der Waals surface area contributed by atoms with Crippen molar-refractivity contribution in [3.63, 3.8) is 0 Å². The fraction of sp³-hybridized carbons (Fsp3) is 0.857. The Hall–Kier alpha value is -0.0700. The van der Waals surface area contributed by atoms with Crippen molar-refractivity contribution in [2.24, 2.45) is 0 Å². The van der Waals surface area contributed by atoms with Crippen molar-refractivity contribution in [1.82, 2.24) is 0 Å². The van der Waals surface area contributed by atoms with Crippen LogP contribution in [0.4, 0.5) is 0 Å². The monoisotopic (exact) mass is 260 g/mol. The lowest BCUT2D eigenvalue weighted by Gasteiger charge is -2.05. The fourth-order valence-corrected chi connectivity index (χ4v) is 3.07. The summed E-state index contributed by atoms with van der Waals surface area (Å²) in [5.74, 6) is 1.56. The Morgan fingerprint density at radius 3 is 2.12 bits per heavy atom. The van der Waals surface area contributed by atoms with Crippen LogP contribution in [0, 0.1) is 0 Å². The number of hydrogen-bond acceptors (Lipinski definition) is 1. The molecule has 1 N–H and O–H groups in total. The van der Waals surface area contributed by atoms with Gasteiger partial charge in [0.05, 0.1) is 0 Å². The van der Waals surface area contributed by atoms with Crippen LogP contribution in [0.2, 0.25) is 0 Å². The third-order valence-corrected chi connectivity index (χ3v) is 4.53. The fourth-order valence-electron chi connectivity index (χ4n) is 1.77. The maximum Gasteiger partial charge on any atom is 0.222 e. The largest absolute Gasteiger partial charge is 0.341 e. The van der Waals surface area contributed by atoms with E-state index >= 15 is 0 Å². The van der Waals surface area contributed by atoms with Crippen molar-refractivity contribution in [3.8, 4) is 0 Å². The number of unbranched alkanes of at least 4 members (excludes halogenated alkanes) is 7. The van der Waals surface area contributed by atoms with Gasteiger partial charge in [-0.1, -0.05) is 58.4 Å². The van der Waals surface area contributed by atoms with E-state index in [1.165, 1.54) is 32.1 Å². The summed E-state index contributed by atoms with van der Waals surface area (Å²) in [6, 6.07) is 0. The van der Waals surface area contributed by atoms with Crippen LogP contribution >= 0.6 is 7.37 Å². The molecule has 0 amide bonds. The molecule has 0 aliphatic carbocycles. The van der Waals surface area contributed by atoms with E-state index < -0.39 is 7.37 Å². The maximum atomic E-state index is 11.7. The Bertz CT molecular complexity index is 236. The highest BCUT2D eigenvalue weighted by atomic mass is 31.2. The van der Waals surface area contributed by atoms with E-state index in [-0.39, 0.29) is 0 Å². The molecule has 0 aromatic carbocycles. The average Bonchev–Trinajstić information content (AvgIpc) is 2.29. The Morgan fingerprint density at radius 1 is 0.941 bits per heavy atom. The highest BCUT2D eigenvalue weighted by molar-refractivity contribution is 7.61. The summed E-state index contributed by atoms with van der Waals surface area (Å²) in [6.07, 6.45) is 12.5. The molecule has 17 heavy (non-hydrogen) atoms. The SMILES string of the molecule is CCCCCCC=CP(=O)(O)CCCCCC. The van der Waals surface area contributed by atoms with Crippen LogP contribution in [0.5, 0.6) is 0 Å². The van der Waals surface area contributed by atoms with Crippen LogP contribution in [0.3, 0.4) is 0 Å². The second-order valence-corrected chi connectivity index (χ2v) is 7.03. The molecular formula is C14H29O2P. The van der Waals surface area contributed by atoms with Crippen LogP contribution in [0.15, 0.2) is 11.9 Å². The van der Waals surface area contributed by atoms with Crippen molar-refractivity contribution < 1.29 is 9.46 Å². The van der Waals surface area contributed by atoms with E-state index in [1.54, 1.807) is 5.82 Å². The molecule has 0 rings (SSSR count). The van der Waals surface area contributed by atoms with E-state index in [9.17, 15) is 9.46 Å². The summed E-state index contributed by atoms with van der Waals surface area (Å²) in [7, 11) is -2.97. The van der Waals surface area contributed by atoms with Gasteiger partial charge in [0.2, 0.25) is 7.37 Å². The highest BCUT2D eigenvalue weighted by Gasteiger charge is 2.11. The van der Waals surface area contributed by atoms with Crippen LogP contribution in [0.1, 0.15) is 71.6 Å². The molecule has 0 heterocycles. The first-order valence-corrected chi connectivity index (χ1v) is 9.03. The first-order chi connectivity index (χ1) is 8.12. The smallest absolute Gasteiger partial charge is 0.222 e. The van der Waals surface area contributed by atoms with Crippen molar-refractivity contribution in [2.45, 2.75) is 71.6 Å². The van der Waals surface area contributed by atoms with Gasteiger partial charge >= 0.3 is 0 Å². The minimum Gasteiger partial charge on any atom is -0.341 e. The lowest BCUT2D eigenvalue weighted by Crippen LogP contribution is -1.87. The molecule has 0 aliphatic heterocycles. The first-order valence-electron chi connectivity index (χ1n) is 7.11. The normalized spacial score (nSPS) is 15.2. The highest BCUT2D eigenvalue weighted by Crippen LogP contribution is 2.43. The topological polar surface area (TPSA) is 37.3 Å². The van der Waals surface area contributed by atoms with Crippen molar-refractivity contribution in [2.75, 3.05) is 6.16 Å². The quantitative estimate of drug-likeness (QED) is 0.403. The van der Waals surface area contributed by atoms with Gasteiger partial charge in [0, 0.05) is 6.16 Å². The van der Waals surface area contributed by atoms with Crippen molar-refractivity contribution in [1.29, 1.82) is 0 Å². The first kappa shape index (κ1) is 16.9. The molecular weight excluding hydrogens is 231 g/mol. The molecule has 0 aromatic rings. The van der Waals surface area contributed by atoms with Crippen LogP contribution in [-0.4, -0.2) is 11.1 Å². The summed E-state index contributed by atoms with van der Waals surface area (Å²) >= 11 is 0. The Balaban J connectivity index is 3.60. The van der Waals surface area contributed by atoms with Gasteiger partial charge in [0.25, 0.3) is 0 Å². The van der Waals surface area contributed by atoms with Gasteiger partial charge < -0.3 is 4.89 Å². The van der Waals surface area contributed by atoms with Gasteiger partial charge in [0.1, 0.15) is 0 Å². The molecule has 0 aromatic heterocycles. The molecule has 0 radical (unpaired) electrons. The van der Waals surface area contributed by atoms with Crippen LogP contribution in [0.25, 0.3) is 0 Å². The van der Waals surface area contributed by atoms with Gasteiger partial charge in [-0.3, -0.25) is 4.57 Å². The molecule has 0 saturated heterocycles. The zero-order valence-electron chi connectivity index (χ0n) is 11.5. The maximum absolute atomic E-state index is 11.7. The summed E-state index contributed by atoms with van der Waals surface area (Å²) in [5, 5.41) is 0. The van der Waals surface area contributed by atoms with Crippen molar-refractivity contribution >= 4 is 7.37 Å². The molecule has 0 spiro atoms. The summed E-state index contributed by atoms with van der Waals surface area (Å²) in [4.78, 5) is 9.69. The third-order valence-electron chi connectivity index (χ3n) is 2.89. The van der Waals surface area contributed by atoms with Crippen molar-refractivity contribution in [3.05, 3.63) is 11.9 Å². The second-order valence-electron chi connectivity index (χ2n) is 4.77. The molecule has 3 heteroatoms. The zero-order valence-corrected chi connectivity index (χ0v) is 12.4. The van der Waals surface area contributed by atoms with Gasteiger partial charge in [-0.15, -0.1) is 0 Å². The Morgan fingerprint density at radius 2 is 1.53 bits per heavy atom. The second kappa shape index (κ2) is 11.0. The number of hydrogen-bond donors (Lipinski definition) is 1. The predicted molar refractivity (Wildman–Crippen MR) is 76.7 cm³/mol. The Kier molecular flexibility index (Phi) is 11.0. The summed E-state index contributed by atoms with van der Waals surface area (Å²) < 4.78 is 11.7. The molecule has 1 atom stereocenters. The standard InChI is InChI=1S/C14H29O2P/c1-3-5-7-9-10-12-14-17(15,16)13-11-8-6-4-2/h12,14H,3-11,13H2,1-2H3,(H,15,16). The van der Waals surface area contributed by atoms with Crippen LogP contribution in [-0.2, 0) is 4.57 Å². The van der Waals surface area contributed by atoms with E-state index in [1.807, 2.05) is 6.08 Å². The molecule has 102 valence electrons. The van der Waals surface area contributed by atoms with Gasteiger partial charge in [0.15, 0.2) is 0 Å². The lowest BCUT2D eigenvalue weighted by molar-refractivity contribution is 0.485. The molecule has 0 bridgehead atoms. The summed E-state index contributed by atoms with van der Waals surface area (Å²) in [6.45, 7) is 4.34. The summed E-state index contributed by atoms with van der Waals surface area (Å²) in [5.41, 5.74) is 0. The minimum absolute atomic E-state index is 0.457. The third kappa shape index (κ3) is 12.2. The molecule has 0 fully saturated rings. The average molecular weight is 260 g/mol. The van der Waals surface area contributed by atoms with Gasteiger partial charge in [-0.05, 0) is 25.1 Å². The Labute approximate surface area is 107 Å². The number of rotatable bonds is 11. The van der Waals surface area contributed by atoms with E-state index in [0.29, 0.717) is 6.16 Å². The van der Waals surface area contributed by atoms with E-state index in [4.69, 9.17) is 0 Å². The molecule has 0 aliphatic rings. The molecule has 0 saturated carbocycles. The van der Waals surface area contributed by atoms with Crippen LogP contribution < -0.4 is 0 Å². The van der Waals surface area contributed by atoms with Gasteiger partial charge in [-0.2, -0.15) is 0 Å².